The molecule has 2 atom stereocenters. The highest BCUT2D eigenvalue weighted by molar-refractivity contribution is 7.89. The molecule has 8 heteroatoms. The van der Waals surface area contributed by atoms with Crippen molar-refractivity contribution in [1.82, 2.24) is 9.21 Å². The molecule has 2 aliphatic heterocycles. The fourth-order valence-corrected chi connectivity index (χ4v) is 5.46. The lowest BCUT2D eigenvalue weighted by Crippen LogP contribution is -2.56. The van der Waals surface area contributed by atoms with Crippen molar-refractivity contribution in [1.29, 1.82) is 0 Å². The van der Waals surface area contributed by atoms with Gasteiger partial charge in [-0.1, -0.05) is 13.8 Å². The number of halogens is 1. The van der Waals surface area contributed by atoms with Crippen LogP contribution in [0.3, 0.4) is 0 Å². The van der Waals surface area contributed by atoms with E-state index in [1.807, 2.05) is 4.90 Å². The Kier molecular flexibility index (Phi) is 5.61. The lowest BCUT2D eigenvalue weighted by atomic mass is 9.79. The molecule has 1 aromatic carbocycles. The van der Waals surface area contributed by atoms with Gasteiger partial charge in [-0.2, -0.15) is 4.31 Å². The highest BCUT2D eigenvalue weighted by Gasteiger charge is 2.39. The van der Waals surface area contributed by atoms with Gasteiger partial charge in [-0.25, -0.2) is 12.8 Å². The molecule has 27 heavy (non-hydrogen) atoms. The maximum absolute atomic E-state index is 13.1. The molecule has 2 unspecified atom stereocenters. The fourth-order valence-electron chi connectivity index (χ4n) is 3.94. The van der Waals surface area contributed by atoms with Gasteiger partial charge >= 0.3 is 0 Å². The summed E-state index contributed by atoms with van der Waals surface area (Å²) in [6.45, 7) is 5.87. The van der Waals surface area contributed by atoms with Crippen molar-refractivity contribution in [3.05, 3.63) is 30.1 Å². The second-order valence-electron chi connectivity index (χ2n) is 8.30. The first kappa shape index (κ1) is 20.2. The summed E-state index contributed by atoms with van der Waals surface area (Å²) in [5.41, 5.74) is 6.00. The molecule has 2 fully saturated rings. The number of rotatable bonds is 3. The smallest absolute Gasteiger partial charge is 0.243 e. The summed E-state index contributed by atoms with van der Waals surface area (Å²) in [7, 11) is -3.73. The molecule has 0 spiro atoms. The van der Waals surface area contributed by atoms with Gasteiger partial charge < -0.3 is 10.6 Å². The minimum absolute atomic E-state index is 0.00832. The third kappa shape index (κ3) is 4.17. The van der Waals surface area contributed by atoms with Crippen LogP contribution in [0.4, 0.5) is 4.39 Å². The Bertz CT molecular complexity index is 795. The lowest BCUT2D eigenvalue weighted by molar-refractivity contribution is -0.140. The number of amides is 1. The van der Waals surface area contributed by atoms with E-state index in [2.05, 4.69) is 13.8 Å². The van der Waals surface area contributed by atoms with E-state index in [0.717, 1.165) is 18.6 Å². The zero-order chi connectivity index (χ0) is 19.8. The SMILES string of the molecule is CC1(C)CN(C(=O)C2CCCN(S(=O)(=O)c3ccc(F)cc3)C2)CCC1N. The summed E-state index contributed by atoms with van der Waals surface area (Å²) in [5.74, 6) is -0.820. The molecule has 0 saturated carbocycles. The number of piperidine rings is 2. The predicted molar refractivity (Wildman–Crippen MR) is 101 cm³/mol. The van der Waals surface area contributed by atoms with Gasteiger partial charge in [0.05, 0.1) is 10.8 Å². The van der Waals surface area contributed by atoms with Crippen LogP contribution in [0.15, 0.2) is 29.2 Å². The van der Waals surface area contributed by atoms with Crippen LogP contribution in [0, 0.1) is 17.2 Å². The van der Waals surface area contributed by atoms with Crippen molar-refractivity contribution < 1.29 is 17.6 Å². The summed E-state index contributed by atoms with van der Waals surface area (Å²) >= 11 is 0. The standard InChI is InChI=1S/C19H28FN3O3S/c1-19(2)13-22(11-9-17(19)21)18(24)14-4-3-10-23(12-14)27(25,26)16-7-5-15(20)6-8-16/h5-8,14,17H,3-4,9-13,21H2,1-2H3. The summed E-state index contributed by atoms with van der Waals surface area (Å²) in [4.78, 5) is 14.9. The lowest BCUT2D eigenvalue weighted by Gasteiger charge is -2.44. The predicted octanol–water partition coefficient (Wildman–Crippen LogP) is 1.81. The number of carbonyl (C=O) groups excluding carboxylic acids is 1. The zero-order valence-electron chi connectivity index (χ0n) is 15.9. The van der Waals surface area contributed by atoms with E-state index in [4.69, 9.17) is 5.73 Å². The van der Waals surface area contributed by atoms with Crippen molar-refractivity contribution >= 4 is 15.9 Å². The van der Waals surface area contributed by atoms with Crippen LogP contribution in [0.25, 0.3) is 0 Å². The van der Waals surface area contributed by atoms with Gasteiger partial charge in [0.2, 0.25) is 15.9 Å². The van der Waals surface area contributed by atoms with Crippen molar-refractivity contribution in [3.8, 4) is 0 Å². The number of nitrogens with zero attached hydrogens (tertiary/aromatic N) is 2. The minimum atomic E-state index is -3.73. The summed E-state index contributed by atoms with van der Waals surface area (Å²) in [6, 6.07) is 4.87. The molecule has 2 heterocycles. The van der Waals surface area contributed by atoms with Crippen LogP contribution < -0.4 is 5.73 Å². The number of hydrogen-bond acceptors (Lipinski definition) is 4. The topological polar surface area (TPSA) is 83.7 Å². The van der Waals surface area contributed by atoms with Gasteiger partial charge in [0.15, 0.2) is 0 Å². The van der Waals surface area contributed by atoms with Crippen LogP contribution in [0.2, 0.25) is 0 Å². The molecule has 0 aliphatic carbocycles. The molecule has 1 aromatic rings. The van der Waals surface area contributed by atoms with Crippen molar-refractivity contribution in [3.63, 3.8) is 0 Å². The number of benzene rings is 1. The molecule has 2 saturated heterocycles. The highest BCUT2D eigenvalue weighted by Crippen LogP contribution is 2.31. The Hall–Kier alpha value is -1.51. The van der Waals surface area contributed by atoms with E-state index < -0.39 is 15.8 Å². The van der Waals surface area contributed by atoms with E-state index in [-0.39, 0.29) is 34.7 Å². The molecule has 6 nitrogen and oxygen atoms in total. The minimum Gasteiger partial charge on any atom is -0.342 e. The van der Waals surface area contributed by atoms with Crippen LogP contribution >= 0.6 is 0 Å². The summed E-state index contributed by atoms with van der Waals surface area (Å²) < 4.78 is 40.2. The Morgan fingerprint density at radius 2 is 1.85 bits per heavy atom. The molecular weight excluding hydrogens is 369 g/mol. The molecule has 2 N–H and O–H groups in total. The quantitative estimate of drug-likeness (QED) is 0.843. The maximum Gasteiger partial charge on any atom is 0.243 e. The molecule has 0 radical (unpaired) electrons. The second kappa shape index (κ2) is 7.48. The molecule has 0 aromatic heterocycles. The third-order valence-corrected chi connectivity index (χ3v) is 7.69. The Morgan fingerprint density at radius 3 is 2.48 bits per heavy atom. The molecule has 2 aliphatic rings. The average molecular weight is 398 g/mol. The number of hydrogen-bond donors (Lipinski definition) is 1. The van der Waals surface area contributed by atoms with Gasteiger partial charge in [-0.3, -0.25) is 4.79 Å². The highest BCUT2D eigenvalue weighted by atomic mass is 32.2. The van der Waals surface area contributed by atoms with E-state index in [1.165, 1.54) is 16.4 Å². The Morgan fingerprint density at radius 1 is 1.19 bits per heavy atom. The molecule has 1 amide bonds. The number of nitrogens with two attached hydrogens (primary N) is 1. The van der Waals surface area contributed by atoms with E-state index in [9.17, 15) is 17.6 Å². The van der Waals surface area contributed by atoms with Crippen LogP contribution in [0.1, 0.15) is 33.1 Å². The van der Waals surface area contributed by atoms with Gasteiger partial charge in [0.1, 0.15) is 5.82 Å². The van der Waals surface area contributed by atoms with Crippen molar-refractivity contribution in [2.75, 3.05) is 26.2 Å². The zero-order valence-corrected chi connectivity index (χ0v) is 16.7. The van der Waals surface area contributed by atoms with Crippen molar-refractivity contribution in [2.24, 2.45) is 17.1 Å². The van der Waals surface area contributed by atoms with E-state index >= 15 is 0 Å². The van der Waals surface area contributed by atoms with Gasteiger partial charge in [-0.15, -0.1) is 0 Å². The molecule has 3 rings (SSSR count). The summed E-state index contributed by atoms with van der Waals surface area (Å²) in [6.07, 6.45) is 2.06. The Labute approximate surface area is 160 Å². The van der Waals surface area contributed by atoms with Crippen LogP contribution in [0.5, 0.6) is 0 Å². The van der Waals surface area contributed by atoms with Gasteiger partial charge in [-0.05, 0) is 48.9 Å². The molecule has 150 valence electrons. The number of likely N-dealkylation sites (tertiary alicyclic amines) is 1. The maximum atomic E-state index is 13.1. The summed E-state index contributed by atoms with van der Waals surface area (Å²) in [5, 5.41) is 0. The van der Waals surface area contributed by atoms with E-state index in [1.54, 1.807) is 0 Å². The van der Waals surface area contributed by atoms with Crippen molar-refractivity contribution in [2.45, 2.75) is 44.0 Å². The largest absolute Gasteiger partial charge is 0.342 e. The monoisotopic (exact) mass is 397 g/mol. The normalized spacial score (nSPS) is 26.7. The molecular formula is C19H28FN3O3S. The van der Waals surface area contributed by atoms with Gasteiger partial charge in [0, 0.05) is 32.2 Å². The first-order chi connectivity index (χ1) is 12.6. The Balaban J connectivity index is 1.72. The number of carbonyl (C=O) groups is 1. The first-order valence-corrected chi connectivity index (χ1v) is 10.9. The average Bonchev–Trinajstić information content (AvgIpc) is 2.64. The van der Waals surface area contributed by atoms with Gasteiger partial charge in [0.25, 0.3) is 0 Å². The first-order valence-electron chi connectivity index (χ1n) is 9.41. The fraction of sp³-hybridized carbons (Fsp3) is 0.632. The van der Waals surface area contributed by atoms with E-state index in [0.29, 0.717) is 32.5 Å². The molecule has 0 bridgehead atoms. The van der Waals surface area contributed by atoms with Crippen LogP contribution in [-0.4, -0.2) is 55.8 Å². The number of sulfonamides is 1. The third-order valence-electron chi connectivity index (χ3n) is 5.81. The second-order valence-corrected chi connectivity index (χ2v) is 10.2. The van der Waals surface area contributed by atoms with Crippen LogP contribution in [-0.2, 0) is 14.8 Å².